The van der Waals surface area contributed by atoms with Crippen LogP contribution in [0, 0.1) is 19.8 Å². The molecule has 1 N–H and O–H groups in total. The molecule has 0 aromatic carbocycles. The van der Waals surface area contributed by atoms with Crippen LogP contribution in [0.15, 0.2) is 12.4 Å². The van der Waals surface area contributed by atoms with Crippen molar-refractivity contribution in [2.75, 3.05) is 24.6 Å². The highest BCUT2D eigenvalue weighted by Gasteiger charge is 2.40. The zero-order valence-electron chi connectivity index (χ0n) is 24.0. The Kier molecular flexibility index (Phi) is 7.34. The lowest BCUT2D eigenvalue weighted by Gasteiger charge is -2.40. The maximum absolute atomic E-state index is 10.8. The molecule has 9 nitrogen and oxygen atoms in total. The standard InChI is InChI=1S/C28H43N7O2Si/c1-18-19(2)31-26-25(30-18)24(21-10-8-20(9-11-21)14-28(3,4)38(6,7)36)32-27(33-26)35-12-13-37-23(17-35)22-15-29-34(5)16-22/h15-16,20-21,23,36H,8-14,17H2,1-7H3/t20?,21?,23-/m1/s1. The molecule has 206 valence electrons. The minimum atomic E-state index is -2.21. The highest BCUT2D eigenvalue weighted by molar-refractivity contribution is 6.72. The van der Waals surface area contributed by atoms with E-state index >= 15 is 0 Å². The Bertz CT molecular complexity index is 1290. The largest absolute Gasteiger partial charge is 0.432 e. The first-order valence-corrected chi connectivity index (χ1v) is 17.0. The highest BCUT2D eigenvalue weighted by Crippen LogP contribution is 2.47. The van der Waals surface area contributed by atoms with E-state index in [0.29, 0.717) is 30.6 Å². The van der Waals surface area contributed by atoms with Crippen LogP contribution in [0.4, 0.5) is 5.95 Å². The summed E-state index contributed by atoms with van der Waals surface area (Å²) in [7, 11) is -0.289. The zero-order valence-corrected chi connectivity index (χ0v) is 25.0. The topological polar surface area (TPSA) is 102 Å². The Hall–Kier alpha value is -2.43. The third kappa shape index (κ3) is 5.48. The lowest BCUT2D eigenvalue weighted by molar-refractivity contribution is 0.0392. The molecule has 1 saturated heterocycles. The van der Waals surface area contributed by atoms with Gasteiger partial charge in [-0.3, -0.25) is 4.68 Å². The van der Waals surface area contributed by atoms with Gasteiger partial charge in [0.1, 0.15) is 11.6 Å². The van der Waals surface area contributed by atoms with Crippen molar-refractivity contribution in [1.29, 1.82) is 0 Å². The molecular weight excluding hydrogens is 494 g/mol. The Morgan fingerprint density at radius 3 is 2.42 bits per heavy atom. The molecule has 10 heteroatoms. The summed E-state index contributed by atoms with van der Waals surface area (Å²) in [6, 6.07) is 0. The van der Waals surface area contributed by atoms with Crippen LogP contribution in [0.3, 0.4) is 0 Å². The minimum Gasteiger partial charge on any atom is -0.432 e. The number of hydrogen-bond acceptors (Lipinski definition) is 8. The molecule has 1 atom stereocenters. The number of nitrogens with zero attached hydrogens (tertiary/aromatic N) is 7. The van der Waals surface area contributed by atoms with Gasteiger partial charge in [-0.2, -0.15) is 10.1 Å². The van der Waals surface area contributed by atoms with Gasteiger partial charge in [0.15, 0.2) is 14.0 Å². The van der Waals surface area contributed by atoms with Crippen molar-refractivity contribution in [3.05, 3.63) is 35.0 Å². The van der Waals surface area contributed by atoms with Gasteiger partial charge in [0.25, 0.3) is 0 Å². The molecule has 4 heterocycles. The van der Waals surface area contributed by atoms with Crippen molar-refractivity contribution in [1.82, 2.24) is 29.7 Å². The summed E-state index contributed by atoms with van der Waals surface area (Å²) < 4.78 is 7.89. The summed E-state index contributed by atoms with van der Waals surface area (Å²) in [4.78, 5) is 32.9. The molecule has 3 aromatic heterocycles. The monoisotopic (exact) mass is 537 g/mol. The van der Waals surface area contributed by atoms with E-state index in [1.54, 1.807) is 0 Å². The fraction of sp³-hybridized carbons (Fsp3) is 0.679. The number of ether oxygens (including phenoxy) is 1. The van der Waals surface area contributed by atoms with Crippen molar-refractivity contribution in [3.8, 4) is 0 Å². The van der Waals surface area contributed by atoms with Gasteiger partial charge in [0.05, 0.1) is 36.4 Å². The number of morpholine rings is 1. The maximum Gasteiger partial charge on any atom is 0.227 e. The second-order valence-corrected chi connectivity index (χ2v) is 17.1. The summed E-state index contributed by atoms with van der Waals surface area (Å²) in [6.07, 6.45) is 9.37. The van der Waals surface area contributed by atoms with Gasteiger partial charge >= 0.3 is 0 Å². The summed E-state index contributed by atoms with van der Waals surface area (Å²) in [6.45, 7) is 14.7. The molecule has 2 fully saturated rings. The molecule has 0 amide bonds. The van der Waals surface area contributed by atoms with Gasteiger partial charge in [-0.25, -0.2) is 15.0 Å². The molecule has 1 aliphatic heterocycles. The Balaban J connectivity index is 1.41. The van der Waals surface area contributed by atoms with Crippen LogP contribution in [0.25, 0.3) is 11.2 Å². The van der Waals surface area contributed by atoms with Gasteiger partial charge in [-0.1, -0.05) is 13.8 Å². The van der Waals surface area contributed by atoms with Crippen molar-refractivity contribution >= 4 is 25.4 Å². The summed E-state index contributed by atoms with van der Waals surface area (Å²) in [5.74, 6) is 1.70. The molecule has 0 spiro atoms. The second kappa shape index (κ2) is 10.3. The number of anilines is 1. The van der Waals surface area contributed by atoms with Crippen molar-refractivity contribution in [2.45, 2.75) is 90.0 Å². The van der Waals surface area contributed by atoms with Crippen molar-refractivity contribution < 1.29 is 9.53 Å². The molecule has 3 aromatic rings. The van der Waals surface area contributed by atoms with Crippen LogP contribution >= 0.6 is 0 Å². The third-order valence-corrected chi connectivity index (χ3v) is 12.6. The second-order valence-electron chi connectivity index (χ2n) is 12.6. The van der Waals surface area contributed by atoms with Gasteiger partial charge in [0.2, 0.25) is 5.95 Å². The van der Waals surface area contributed by atoms with Crippen LogP contribution in [-0.2, 0) is 11.8 Å². The Morgan fingerprint density at radius 1 is 1.05 bits per heavy atom. The van der Waals surface area contributed by atoms with E-state index in [1.165, 1.54) is 0 Å². The average molecular weight is 538 g/mol. The SMILES string of the molecule is Cc1nc2nc(N3CCO[C@@H](c4cnn(C)c4)C3)nc(C3CCC(CC(C)(C)[Si](C)(C)O)CC3)c2nc1C. The summed E-state index contributed by atoms with van der Waals surface area (Å²) in [5, 5.41) is 4.34. The lowest BCUT2D eigenvalue weighted by atomic mass is 9.77. The molecule has 0 radical (unpaired) electrons. The predicted octanol–water partition coefficient (Wildman–Crippen LogP) is 4.99. The number of fused-ring (bicyclic) bond motifs is 1. The molecular formula is C28H43N7O2Si. The first kappa shape index (κ1) is 27.1. The van der Waals surface area contributed by atoms with E-state index in [9.17, 15) is 4.80 Å². The molecule has 2 aliphatic rings. The molecule has 5 rings (SSSR count). The number of hydrogen-bond donors (Lipinski definition) is 1. The van der Waals surface area contributed by atoms with Gasteiger partial charge < -0.3 is 14.4 Å². The van der Waals surface area contributed by atoms with E-state index in [2.05, 4.69) is 36.9 Å². The normalized spacial score (nSPS) is 23.3. The number of aryl methyl sites for hydroxylation is 3. The maximum atomic E-state index is 10.8. The molecule has 38 heavy (non-hydrogen) atoms. The predicted molar refractivity (Wildman–Crippen MR) is 152 cm³/mol. The minimum absolute atomic E-state index is 0.0144. The smallest absolute Gasteiger partial charge is 0.227 e. The van der Waals surface area contributed by atoms with Crippen LogP contribution in [0.5, 0.6) is 0 Å². The zero-order chi connectivity index (χ0) is 27.2. The fourth-order valence-electron chi connectivity index (χ4n) is 5.80. The summed E-state index contributed by atoms with van der Waals surface area (Å²) in [5.41, 5.74) is 5.49. The number of aromatic nitrogens is 6. The van der Waals surface area contributed by atoms with E-state index in [0.717, 1.165) is 72.8 Å². The molecule has 0 unspecified atom stereocenters. The van der Waals surface area contributed by atoms with Crippen molar-refractivity contribution in [3.63, 3.8) is 0 Å². The van der Waals surface area contributed by atoms with E-state index < -0.39 is 8.32 Å². The molecule has 1 aliphatic carbocycles. The van der Waals surface area contributed by atoms with E-state index in [4.69, 9.17) is 24.7 Å². The fourth-order valence-corrected chi connectivity index (χ4v) is 6.59. The summed E-state index contributed by atoms with van der Waals surface area (Å²) >= 11 is 0. The highest BCUT2D eigenvalue weighted by atomic mass is 28.4. The van der Waals surface area contributed by atoms with Crippen LogP contribution < -0.4 is 4.90 Å². The Morgan fingerprint density at radius 2 is 1.76 bits per heavy atom. The van der Waals surface area contributed by atoms with Crippen LogP contribution in [-0.4, -0.2) is 62.5 Å². The van der Waals surface area contributed by atoms with E-state index in [1.807, 2.05) is 38.0 Å². The average Bonchev–Trinajstić information content (AvgIpc) is 3.30. The third-order valence-electron chi connectivity index (χ3n) is 9.09. The molecule has 0 bridgehead atoms. The lowest BCUT2D eigenvalue weighted by Crippen LogP contribution is -2.40. The van der Waals surface area contributed by atoms with Crippen LogP contribution in [0.1, 0.15) is 80.6 Å². The number of rotatable bonds is 6. The molecule has 1 saturated carbocycles. The van der Waals surface area contributed by atoms with Gasteiger partial charge in [0, 0.05) is 31.3 Å². The van der Waals surface area contributed by atoms with Gasteiger partial charge in [-0.15, -0.1) is 0 Å². The Labute approximate surface area is 227 Å². The first-order chi connectivity index (χ1) is 17.9. The van der Waals surface area contributed by atoms with E-state index in [-0.39, 0.29) is 11.1 Å². The quantitative estimate of drug-likeness (QED) is 0.439. The van der Waals surface area contributed by atoms with Gasteiger partial charge in [-0.05, 0) is 70.0 Å². The first-order valence-electron chi connectivity index (χ1n) is 14.0. The van der Waals surface area contributed by atoms with Crippen molar-refractivity contribution in [2.24, 2.45) is 13.0 Å². The van der Waals surface area contributed by atoms with Crippen LogP contribution in [0.2, 0.25) is 18.1 Å².